The summed E-state index contributed by atoms with van der Waals surface area (Å²) in [4.78, 5) is 25.4. The second-order valence-corrected chi connectivity index (χ2v) is 7.53. The number of pyridine rings is 1. The van der Waals surface area contributed by atoms with Gasteiger partial charge in [0.1, 0.15) is 5.69 Å². The number of nitrogens with zero attached hydrogens (tertiary/aromatic N) is 5. The van der Waals surface area contributed by atoms with E-state index in [4.69, 9.17) is 16.3 Å². The zero-order valence-electron chi connectivity index (χ0n) is 16.8. The van der Waals surface area contributed by atoms with E-state index in [-0.39, 0.29) is 34.3 Å². The van der Waals surface area contributed by atoms with E-state index in [1.165, 1.54) is 12.1 Å². The predicted octanol–water partition coefficient (Wildman–Crippen LogP) is 3.08. The summed E-state index contributed by atoms with van der Waals surface area (Å²) < 4.78 is 45.6. The minimum Gasteiger partial charge on any atom is -0.378 e. The molecule has 3 heterocycles. The molecule has 4 rings (SSSR count). The summed E-state index contributed by atoms with van der Waals surface area (Å²) in [6.45, 7) is 1.55. The van der Waals surface area contributed by atoms with Gasteiger partial charge in [0.05, 0.1) is 35.3 Å². The molecule has 1 amide bonds. The second-order valence-electron chi connectivity index (χ2n) is 7.13. The van der Waals surface area contributed by atoms with Gasteiger partial charge in [0.2, 0.25) is 0 Å². The van der Waals surface area contributed by atoms with Crippen LogP contribution >= 0.6 is 11.6 Å². The standard InChI is InChI=1S/C19H16ClF3N6O4/c20-13-8-12(19(21,22)23)10-28-16(25-26-17(13)28)9-24-18(30)11-1-2-14(15(7-11)29(31)32)27-3-5-33-6-4-27/h1-2,7-8,10H,3-6,9H2,(H,24,30). The van der Waals surface area contributed by atoms with Crippen LogP contribution in [0.4, 0.5) is 24.5 Å². The highest BCUT2D eigenvalue weighted by Crippen LogP contribution is 2.32. The van der Waals surface area contributed by atoms with Gasteiger partial charge in [-0.25, -0.2) is 0 Å². The number of nitrogens with one attached hydrogen (secondary N) is 1. The Hall–Kier alpha value is -3.45. The molecule has 10 nitrogen and oxygen atoms in total. The number of nitro benzene ring substituents is 1. The van der Waals surface area contributed by atoms with Gasteiger partial charge in [-0.3, -0.25) is 19.3 Å². The number of halogens is 4. The molecule has 1 N–H and O–H groups in total. The van der Waals surface area contributed by atoms with E-state index >= 15 is 0 Å². The van der Waals surface area contributed by atoms with E-state index in [1.54, 1.807) is 4.90 Å². The monoisotopic (exact) mass is 484 g/mol. The zero-order chi connectivity index (χ0) is 23.8. The van der Waals surface area contributed by atoms with Crippen LogP contribution in [0.2, 0.25) is 5.02 Å². The number of amides is 1. The number of nitro groups is 1. The van der Waals surface area contributed by atoms with Crippen LogP contribution in [0.3, 0.4) is 0 Å². The molecule has 33 heavy (non-hydrogen) atoms. The minimum atomic E-state index is -4.64. The average Bonchev–Trinajstić information content (AvgIpc) is 3.20. The highest BCUT2D eigenvalue weighted by Gasteiger charge is 2.32. The van der Waals surface area contributed by atoms with Gasteiger partial charge in [-0.05, 0) is 18.2 Å². The first-order chi connectivity index (χ1) is 15.6. The lowest BCUT2D eigenvalue weighted by Gasteiger charge is -2.28. The molecule has 174 valence electrons. The molecule has 1 saturated heterocycles. The molecule has 0 unspecified atom stereocenters. The van der Waals surface area contributed by atoms with E-state index in [1.807, 2.05) is 0 Å². The van der Waals surface area contributed by atoms with Crippen LogP contribution < -0.4 is 10.2 Å². The van der Waals surface area contributed by atoms with Crippen LogP contribution in [-0.4, -0.2) is 51.7 Å². The van der Waals surface area contributed by atoms with Crippen molar-refractivity contribution in [2.24, 2.45) is 0 Å². The summed E-state index contributed by atoms with van der Waals surface area (Å²) in [7, 11) is 0. The van der Waals surface area contributed by atoms with Crippen molar-refractivity contribution in [1.82, 2.24) is 19.9 Å². The summed E-state index contributed by atoms with van der Waals surface area (Å²) in [5, 5.41) is 21.3. The largest absolute Gasteiger partial charge is 0.417 e. The van der Waals surface area contributed by atoms with E-state index in [9.17, 15) is 28.1 Å². The number of morpholine rings is 1. The number of anilines is 1. The van der Waals surface area contributed by atoms with Crippen LogP contribution in [0, 0.1) is 10.1 Å². The van der Waals surface area contributed by atoms with Crippen molar-refractivity contribution >= 4 is 34.5 Å². The fraction of sp³-hybridized carbons (Fsp3) is 0.316. The number of rotatable bonds is 5. The van der Waals surface area contributed by atoms with E-state index in [0.717, 1.165) is 22.7 Å². The zero-order valence-corrected chi connectivity index (χ0v) is 17.6. The van der Waals surface area contributed by atoms with E-state index in [2.05, 4.69) is 15.5 Å². The van der Waals surface area contributed by atoms with Crippen LogP contribution in [-0.2, 0) is 17.5 Å². The van der Waals surface area contributed by atoms with Gasteiger partial charge < -0.3 is 15.0 Å². The van der Waals surface area contributed by atoms with Gasteiger partial charge >= 0.3 is 6.18 Å². The van der Waals surface area contributed by atoms with Gasteiger partial charge in [0.15, 0.2) is 11.5 Å². The number of alkyl halides is 3. The first kappa shape index (κ1) is 22.7. The predicted molar refractivity (Wildman–Crippen MR) is 110 cm³/mol. The quantitative estimate of drug-likeness (QED) is 0.437. The van der Waals surface area contributed by atoms with E-state index < -0.39 is 22.6 Å². The molecule has 1 aliphatic heterocycles. The SMILES string of the molecule is O=C(NCc1nnc2c(Cl)cc(C(F)(F)F)cn12)c1ccc(N2CCOCC2)c([N+](=O)[O-])c1. The van der Waals surface area contributed by atoms with Gasteiger partial charge in [-0.15, -0.1) is 10.2 Å². The maximum atomic E-state index is 13.1. The molecular weight excluding hydrogens is 469 g/mol. The Balaban J connectivity index is 1.55. The highest BCUT2D eigenvalue weighted by molar-refractivity contribution is 6.33. The number of ether oxygens (including phenoxy) is 1. The Morgan fingerprint density at radius 1 is 1.24 bits per heavy atom. The Morgan fingerprint density at radius 2 is 1.97 bits per heavy atom. The number of aromatic nitrogens is 3. The maximum Gasteiger partial charge on any atom is 0.417 e. The molecule has 1 fully saturated rings. The molecule has 0 bridgehead atoms. The van der Waals surface area contributed by atoms with Gasteiger partial charge in [-0.1, -0.05) is 11.6 Å². The molecule has 2 aromatic heterocycles. The Morgan fingerprint density at radius 3 is 2.64 bits per heavy atom. The third kappa shape index (κ3) is 4.68. The summed E-state index contributed by atoms with van der Waals surface area (Å²) in [6.07, 6.45) is -3.85. The molecule has 0 saturated carbocycles. The molecule has 1 aromatic carbocycles. The Kier molecular flexibility index (Phi) is 6.08. The van der Waals surface area contributed by atoms with Crippen molar-refractivity contribution < 1.29 is 27.6 Å². The van der Waals surface area contributed by atoms with Gasteiger partial charge in [-0.2, -0.15) is 13.2 Å². The van der Waals surface area contributed by atoms with E-state index in [0.29, 0.717) is 32.0 Å². The lowest BCUT2D eigenvalue weighted by atomic mass is 10.1. The number of hydrogen-bond acceptors (Lipinski definition) is 7. The molecule has 1 aliphatic rings. The molecular formula is C19H16ClF3N6O4. The highest BCUT2D eigenvalue weighted by atomic mass is 35.5. The average molecular weight is 485 g/mol. The third-order valence-corrected chi connectivity index (χ3v) is 5.33. The summed E-state index contributed by atoms with van der Waals surface area (Å²) >= 11 is 5.88. The lowest BCUT2D eigenvalue weighted by Crippen LogP contribution is -2.36. The third-order valence-electron chi connectivity index (χ3n) is 5.05. The molecule has 3 aromatic rings. The number of hydrogen-bond donors (Lipinski definition) is 1. The van der Waals surface area contributed by atoms with Crippen LogP contribution in [0.5, 0.6) is 0 Å². The topological polar surface area (TPSA) is 115 Å². The molecule has 14 heteroatoms. The number of carbonyl (C=O) groups excluding carboxylic acids is 1. The lowest BCUT2D eigenvalue weighted by molar-refractivity contribution is -0.384. The Labute approximate surface area is 189 Å². The van der Waals surface area contributed by atoms with Crippen LogP contribution in [0.25, 0.3) is 5.65 Å². The van der Waals surface area contributed by atoms with Crippen molar-refractivity contribution in [3.05, 3.63) is 62.6 Å². The minimum absolute atomic E-state index is 0.000539. The van der Waals surface area contributed by atoms with Crippen molar-refractivity contribution in [1.29, 1.82) is 0 Å². The fourth-order valence-corrected chi connectivity index (χ4v) is 3.67. The number of fused-ring (bicyclic) bond motifs is 1. The van der Waals surface area contributed by atoms with Crippen molar-refractivity contribution in [2.45, 2.75) is 12.7 Å². The summed E-state index contributed by atoms with van der Waals surface area (Å²) in [5.74, 6) is -0.660. The van der Waals surface area contributed by atoms with Gasteiger partial charge in [0.25, 0.3) is 11.6 Å². The molecule has 0 atom stereocenters. The van der Waals surface area contributed by atoms with Crippen LogP contribution in [0.15, 0.2) is 30.5 Å². The Bertz CT molecular complexity index is 1230. The number of carbonyl (C=O) groups is 1. The van der Waals surface area contributed by atoms with Crippen molar-refractivity contribution in [2.75, 3.05) is 31.2 Å². The molecule has 0 aliphatic carbocycles. The normalized spacial score (nSPS) is 14.5. The summed E-state index contributed by atoms with van der Waals surface area (Å²) in [6, 6.07) is 4.82. The van der Waals surface area contributed by atoms with Crippen molar-refractivity contribution in [3.63, 3.8) is 0 Å². The molecule has 0 spiro atoms. The van der Waals surface area contributed by atoms with Crippen molar-refractivity contribution in [3.8, 4) is 0 Å². The first-order valence-electron chi connectivity index (χ1n) is 9.65. The maximum absolute atomic E-state index is 13.1. The molecule has 0 radical (unpaired) electrons. The smallest absolute Gasteiger partial charge is 0.378 e. The number of benzene rings is 1. The second kappa shape index (κ2) is 8.83. The van der Waals surface area contributed by atoms with Crippen LogP contribution in [0.1, 0.15) is 21.7 Å². The summed E-state index contributed by atoms with van der Waals surface area (Å²) in [5.41, 5.74) is -0.848. The first-order valence-corrected chi connectivity index (χ1v) is 10.0. The fourth-order valence-electron chi connectivity index (χ4n) is 3.42. The van der Waals surface area contributed by atoms with Gasteiger partial charge in [0, 0.05) is 30.9 Å².